The normalized spacial score (nSPS) is 11.3. The number of para-hydroxylation sites is 2. The zero-order valence-corrected chi connectivity index (χ0v) is 24.4. The summed E-state index contributed by atoms with van der Waals surface area (Å²) in [6.07, 6.45) is 0. The number of methoxy groups -OCH3 is 1. The predicted molar refractivity (Wildman–Crippen MR) is 163 cm³/mol. The summed E-state index contributed by atoms with van der Waals surface area (Å²) >= 11 is 0. The van der Waals surface area contributed by atoms with E-state index in [0.717, 1.165) is 5.69 Å². The standard InChI is InChI=1S/C29H23N5O5S.O3S/c1-39-26-10-6-5-9-25(26)33-31-21-11-13-22(14-12-21)32-34-28-27(40(36,37)38)18-19-17-23(15-16-24(19)29(28)35)30-20-7-3-2-4-8-20;1-4(2)3/h2-18,30,35H,1H3,(H,36,37,38);. The Hall–Kier alpha value is -5.51. The minimum Gasteiger partial charge on any atom is -0.505 e. The Bertz CT molecular complexity index is 2070. The number of azo groups is 2. The molecule has 0 amide bonds. The van der Waals surface area contributed by atoms with Gasteiger partial charge >= 0.3 is 10.6 Å². The van der Waals surface area contributed by atoms with Crippen LogP contribution >= 0.6 is 0 Å². The Morgan fingerprint density at radius 1 is 0.727 bits per heavy atom. The number of phenolic OH excluding ortho intramolecular Hbond substituents is 1. The number of benzene rings is 5. The highest BCUT2D eigenvalue weighted by Gasteiger charge is 2.22. The van der Waals surface area contributed by atoms with Crippen molar-refractivity contribution in [3.8, 4) is 11.5 Å². The molecular weight excluding hydrogens is 610 g/mol. The molecule has 0 unspecified atom stereocenters. The van der Waals surface area contributed by atoms with Crippen LogP contribution in [0.15, 0.2) is 128 Å². The number of hydrogen-bond acceptors (Lipinski definition) is 12. The van der Waals surface area contributed by atoms with Crippen molar-refractivity contribution in [1.29, 1.82) is 0 Å². The third-order valence-electron chi connectivity index (χ3n) is 5.86. The van der Waals surface area contributed by atoms with Crippen LogP contribution in [0.4, 0.5) is 34.1 Å². The van der Waals surface area contributed by atoms with Gasteiger partial charge in [0.1, 0.15) is 22.0 Å². The first-order chi connectivity index (χ1) is 21.0. The molecule has 0 spiro atoms. The summed E-state index contributed by atoms with van der Waals surface area (Å²) < 4.78 is 64.9. The smallest absolute Gasteiger partial charge is 0.425 e. The van der Waals surface area contributed by atoms with Gasteiger partial charge in [0.2, 0.25) is 0 Å². The molecule has 15 heteroatoms. The Morgan fingerprint density at radius 3 is 1.93 bits per heavy atom. The lowest BCUT2D eigenvalue weighted by molar-refractivity contribution is 0.416. The van der Waals surface area contributed by atoms with Crippen LogP contribution in [0, 0.1) is 0 Å². The number of aromatic hydroxyl groups is 1. The minimum atomic E-state index is -4.74. The molecule has 224 valence electrons. The summed E-state index contributed by atoms with van der Waals surface area (Å²) in [5.74, 6) is 0.160. The second-order valence-corrected chi connectivity index (χ2v) is 10.6. The lowest BCUT2D eigenvalue weighted by Crippen LogP contribution is -1.99. The molecule has 0 aliphatic carbocycles. The zero-order valence-electron chi connectivity index (χ0n) is 22.8. The summed E-state index contributed by atoms with van der Waals surface area (Å²) in [6, 6.07) is 29.4. The van der Waals surface area contributed by atoms with E-state index in [9.17, 15) is 18.1 Å². The maximum absolute atomic E-state index is 12.2. The van der Waals surface area contributed by atoms with Crippen molar-refractivity contribution < 1.29 is 35.4 Å². The van der Waals surface area contributed by atoms with E-state index in [2.05, 4.69) is 25.8 Å². The van der Waals surface area contributed by atoms with Gasteiger partial charge in [-0.3, -0.25) is 4.55 Å². The Labute approximate surface area is 253 Å². The average Bonchev–Trinajstić information content (AvgIpc) is 3.00. The van der Waals surface area contributed by atoms with E-state index in [0.29, 0.717) is 39.3 Å². The first-order valence-corrected chi connectivity index (χ1v) is 14.9. The maximum atomic E-state index is 12.2. The van der Waals surface area contributed by atoms with Crippen LogP contribution in [-0.2, 0) is 20.7 Å². The molecule has 0 fully saturated rings. The molecule has 0 atom stereocenters. The molecule has 44 heavy (non-hydrogen) atoms. The molecule has 5 rings (SSSR count). The van der Waals surface area contributed by atoms with Crippen molar-refractivity contribution in [3.63, 3.8) is 0 Å². The highest BCUT2D eigenvalue weighted by atomic mass is 32.2. The van der Waals surface area contributed by atoms with Crippen molar-refractivity contribution >= 4 is 65.6 Å². The van der Waals surface area contributed by atoms with Crippen LogP contribution in [0.2, 0.25) is 0 Å². The average molecular weight is 634 g/mol. The number of ether oxygens (including phenoxy) is 1. The van der Waals surface area contributed by atoms with Crippen molar-refractivity contribution in [1.82, 2.24) is 0 Å². The van der Waals surface area contributed by atoms with Crippen LogP contribution in [0.1, 0.15) is 0 Å². The molecule has 0 saturated carbocycles. The van der Waals surface area contributed by atoms with Crippen molar-refractivity contribution in [3.05, 3.63) is 103 Å². The number of fused-ring (bicyclic) bond motifs is 1. The van der Waals surface area contributed by atoms with Gasteiger partial charge in [-0.1, -0.05) is 30.3 Å². The maximum Gasteiger partial charge on any atom is 0.425 e. The van der Waals surface area contributed by atoms with Gasteiger partial charge in [-0.25, -0.2) is 0 Å². The first-order valence-electron chi connectivity index (χ1n) is 12.5. The van der Waals surface area contributed by atoms with E-state index in [1.54, 1.807) is 61.7 Å². The van der Waals surface area contributed by atoms with Crippen LogP contribution in [0.5, 0.6) is 11.5 Å². The molecule has 13 nitrogen and oxygen atoms in total. The van der Waals surface area contributed by atoms with Gasteiger partial charge in [-0.05, 0) is 78.2 Å². The quantitative estimate of drug-likeness (QED) is 0.115. The number of nitrogens with one attached hydrogen (secondary N) is 1. The second-order valence-electron chi connectivity index (χ2n) is 8.77. The number of nitrogens with zero attached hydrogens (tertiary/aromatic N) is 4. The fourth-order valence-corrected chi connectivity index (χ4v) is 4.59. The van der Waals surface area contributed by atoms with Gasteiger partial charge in [-0.15, -0.1) is 22.9 Å². The first kappa shape index (κ1) is 31.4. The van der Waals surface area contributed by atoms with E-state index >= 15 is 0 Å². The Morgan fingerprint density at radius 2 is 1.32 bits per heavy atom. The molecule has 0 aliphatic heterocycles. The predicted octanol–water partition coefficient (Wildman–Crippen LogP) is 7.37. The molecule has 5 aromatic carbocycles. The lowest BCUT2D eigenvalue weighted by Gasteiger charge is -2.11. The largest absolute Gasteiger partial charge is 0.505 e. The molecule has 0 radical (unpaired) electrons. The summed E-state index contributed by atoms with van der Waals surface area (Å²) in [7, 11) is -6.30. The van der Waals surface area contributed by atoms with Crippen LogP contribution in [0.25, 0.3) is 10.8 Å². The molecule has 0 aromatic heterocycles. The Kier molecular flexibility index (Phi) is 10.1. The second kappa shape index (κ2) is 14.1. The molecule has 0 heterocycles. The summed E-state index contributed by atoms with van der Waals surface area (Å²) in [5, 5.41) is 31.3. The SMILES string of the molecule is COc1ccccc1N=Nc1ccc(N=Nc2c(S(=O)(=O)O)cc3cc(Nc4ccccc4)ccc3c2O)cc1.O=S(=O)=O. The van der Waals surface area contributed by atoms with Gasteiger partial charge < -0.3 is 15.2 Å². The fraction of sp³-hybridized carbons (Fsp3) is 0.0345. The Balaban J connectivity index is 0.00000104. The monoisotopic (exact) mass is 633 g/mol. The van der Waals surface area contributed by atoms with E-state index < -0.39 is 31.4 Å². The minimum absolute atomic E-state index is 0.340. The molecule has 5 aromatic rings. The number of phenols is 1. The molecule has 0 saturated heterocycles. The third-order valence-corrected chi connectivity index (χ3v) is 6.73. The van der Waals surface area contributed by atoms with Crippen molar-refractivity contribution in [2.45, 2.75) is 4.90 Å². The van der Waals surface area contributed by atoms with Crippen molar-refractivity contribution in [2.75, 3.05) is 12.4 Å². The van der Waals surface area contributed by atoms with Crippen LogP contribution in [0.3, 0.4) is 0 Å². The van der Waals surface area contributed by atoms with Gasteiger partial charge in [0.05, 0.1) is 18.5 Å². The highest BCUT2D eigenvalue weighted by Crippen LogP contribution is 2.42. The number of rotatable bonds is 8. The van der Waals surface area contributed by atoms with Crippen molar-refractivity contribution in [2.24, 2.45) is 20.5 Å². The number of hydrogen-bond donors (Lipinski definition) is 3. The van der Waals surface area contributed by atoms with Crippen LogP contribution < -0.4 is 10.1 Å². The van der Waals surface area contributed by atoms with E-state index in [1.165, 1.54) is 6.07 Å². The molecule has 0 aliphatic rings. The van der Waals surface area contributed by atoms with E-state index in [4.69, 9.17) is 17.4 Å². The molecule has 0 bridgehead atoms. The lowest BCUT2D eigenvalue weighted by atomic mass is 10.1. The van der Waals surface area contributed by atoms with Gasteiger partial charge in [0, 0.05) is 16.8 Å². The molecule has 3 N–H and O–H groups in total. The van der Waals surface area contributed by atoms with Gasteiger partial charge in [-0.2, -0.15) is 18.6 Å². The third kappa shape index (κ3) is 8.28. The van der Waals surface area contributed by atoms with Crippen LogP contribution in [-0.4, -0.2) is 37.8 Å². The van der Waals surface area contributed by atoms with E-state index in [-0.39, 0.29) is 5.69 Å². The fourth-order valence-electron chi connectivity index (χ4n) is 3.93. The number of anilines is 2. The summed E-state index contributed by atoms with van der Waals surface area (Å²) in [6.45, 7) is 0. The van der Waals surface area contributed by atoms with E-state index in [1.807, 2.05) is 42.5 Å². The highest BCUT2D eigenvalue weighted by molar-refractivity contribution is 7.86. The topological polar surface area (TPSA) is 197 Å². The summed E-state index contributed by atoms with van der Waals surface area (Å²) in [4.78, 5) is -0.569. The van der Waals surface area contributed by atoms with Gasteiger partial charge in [0.15, 0.2) is 5.75 Å². The summed E-state index contributed by atoms with van der Waals surface area (Å²) in [5.41, 5.74) is 2.59. The zero-order chi connectivity index (χ0) is 31.7. The molecular formula is C29H23N5O8S2. The van der Waals surface area contributed by atoms with Gasteiger partial charge in [0.25, 0.3) is 10.1 Å².